The molecule has 0 N–H and O–H groups in total. The van der Waals surface area contributed by atoms with Crippen LogP contribution in [0.25, 0.3) is 0 Å². The molecule has 0 nitrogen and oxygen atoms in total. The van der Waals surface area contributed by atoms with Crippen molar-refractivity contribution >= 4 is 29.3 Å². The number of allylic oxidation sites excluding steroid dienone is 4. The number of hydrogen-bond acceptors (Lipinski definition) is 0. The summed E-state index contributed by atoms with van der Waals surface area (Å²) in [5, 5.41) is 2.78. The standard InChI is InChI=1S/2C11H24As.C5H5.Lu/c2*1-8-9-12(10(2,3)4)11(5,6)7;1-2-4-5-3-1;/h2*1,8-9H2,2-7H3;1-5H;/q2*-1;;. The van der Waals surface area contributed by atoms with Crippen molar-refractivity contribution < 1.29 is 36.9 Å². The van der Waals surface area contributed by atoms with Gasteiger partial charge in [-0.15, -0.1) is 0 Å². The first-order valence-electron chi connectivity index (χ1n) is 11.2. The molecule has 0 saturated heterocycles. The van der Waals surface area contributed by atoms with E-state index in [1.807, 2.05) is 30.7 Å². The second kappa shape index (κ2) is 16.5. The minimum absolute atomic E-state index is 0. The van der Waals surface area contributed by atoms with Crippen LogP contribution in [-0.2, 0) is 0 Å². The number of rotatable bonds is 4. The average Bonchev–Trinajstić information content (AvgIpc) is 3.05. The predicted octanol–water partition coefficient (Wildman–Crippen LogP) is 9.93. The van der Waals surface area contributed by atoms with E-state index in [4.69, 9.17) is 0 Å². The van der Waals surface area contributed by atoms with E-state index >= 15 is 0 Å². The molecule has 0 amide bonds. The van der Waals surface area contributed by atoms with Crippen LogP contribution in [0.15, 0.2) is 24.3 Å². The van der Waals surface area contributed by atoms with Gasteiger partial charge in [0.05, 0.1) is 0 Å². The van der Waals surface area contributed by atoms with Gasteiger partial charge in [0.25, 0.3) is 0 Å². The van der Waals surface area contributed by atoms with Crippen molar-refractivity contribution in [1.29, 1.82) is 0 Å². The summed E-state index contributed by atoms with van der Waals surface area (Å²) < 4.78 is 2.23. The molecule has 0 aromatic heterocycles. The van der Waals surface area contributed by atoms with Crippen molar-refractivity contribution in [3.8, 4) is 0 Å². The zero-order valence-corrected chi connectivity index (χ0v) is 27.7. The Morgan fingerprint density at radius 3 is 0.800 bits per heavy atom. The molecule has 0 atom stereocenters. The molecule has 0 unspecified atom stereocenters. The van der Waals surface area contributed by atoms with Crippen LogP contribution in [0, 0.1) is 57.1 Å². The van der Waals surface area contributed by atoms with Gasteiger partial charge < -0.3 is 0 Å². The Balaban J connectivity index is -0.000000384. The van der Waals surface area contributed by atoms with Gasteiger partial charge in [-0.1, -0.05) is 24.3 Å². The Labute approximate surface area is 231 Å². The van der Waals surface area contributed by atoms with Gasteiger partial charge in [0.15, 0.2) is 0 Å². The number of hydrogen-bond donors (Lipinski definition) is 0. The van der Waals surface area contributed by atoms with E-state index in [2.05, 4.69) is 96.9 Å². The fraction of sp³-hybridized carbons (Fsp3) is 0.741. The smallest absolute Gasteiger partial charge is 0.00506 e. The van der Waals surface area contributed by atoms with Gasteiger partial charge in [0.1, 0.15) is 0 Å². The predicted molar refractivity (Wildman–Crippen MR) is 143 cm³/mol. The molecule has 0 heterocycles. The summed E-state index contributed by atoms with van der Waals surface area (Å²) in [4.78, 5) is 0. The van der Waals surface area contributed by atoms with Crippen LogP contribution < -0.4 is 0 Å². The van der Waals surface area contributed by atoms with E-state index in [0.717, 1.165) is 12.8 Å². The molecule has 0 spiro atoms. The van der Waals surface area contributed by atoms with Crippen LogP contribution in [0.1, 0.15) is 95.9 Å². The largest absolute Gasteiger partial charge is 0.0767 e. The first-order chi connectivity index (χ1) is 12.9. The molecule has 1 aliphatic rings. The Hall–Kier alpha value is 1.83. The Bertz CT molecular complexity index is 393. The molecule has 0 aliphatic heterocycles. The maximum absolute atomic E-state index is 3.99. The van der Waals surface area contributed by atoms with Crippen LogP contribution in [0.4, 0.5) is 0 Å². The third-order valence-corrected chi connectivity index (χ3v) is 21.4. The molecule has 0 bridgehead atoms. The molecule has 0 fully saturated rings. The van der Waals surface area contributed by atoms with E-state index in [9.17, 15) is 0 Å². The monoisotopic (exact) mass is 702 g/mol. The zero-order valence-electron chi connectivity index (χ0n) is 22.3. The van der Waals surface area contributed by atoms with E-state index in [1.165, 1.54) is 10.4 Å². The quantitative estimate of drug-likeness (QED) is 0.202. The first-order valence-corrected chi connectivity index (χ1v) is 17.6. The Morgan fingerprint density at radius 1 is 0.500 bits per heavy atom. The minimum atomic E-state index is -0.745. The van der Waals surface area contributed by atoms with E-state index in [-0.39, 0.29) is 36.9 Å². The summed E-state index contributed by atoms with van der Waals surface area (Å²) >= 11 is -1.49. The maximum Gasteiger partial charge on any atom is 0.00506 e. The van der Waals surface area contributed by atoms with Crippen molar-refractivity contribution in [1.82, 2.24) is 0 Å². The molecule has 188 valence electrons. The fourth-order valence-corrected chi connectivity index (χ4v) is 19.4. The molecule has 0 aromatic carbocycles. The third kappa shape index (κ3) is 18.3. The summed E-state index contributed by atoms with van der Waals surface area (Å²) in [6.07, 6.45) is 12.2. The summed E-state index contributed by atoms with van der Waals surface area (Å²) in [5.41, 5.74) is 0. The second-order valence-electron chi connectivity index (χ2n) is 11.7. The van der Waals surface area contributed by atoms with Crippen LogP contribution in [0.2, 0.25) is 27.2 Å². The topological polar surface area (TPSA) is 0 Å². The maximum atomic E-state index is 3.99. The fourth-order valence-electron chi connectivity index (χ4n) is 3.99. The van der Waals surface area contributed by atoms with Crippen molar-refractivity contribution in [3.05, 3.63) is 44.6 Å². The molecule has 30 heavy (non-hydrogen) atoms. The SMILES string of the molecule is [CH2-]CC[As](C(C)(C)C)C(C)(C)C.[CH2-]CC[As](C(C)(C)C)C(C)(C)C.[CH]1C=CC=C1.[Lu]. The Kier molecular flexibility index (Phi) is 20.0. The minimum Gasteiger partial charge on any atom is -0.0767 e. The third-order valence-electron chi connectivity index (χ3n) is 4.56. The second-order valence-corrected chi connectivity index (χ2v) is 28.4. The summed E-state index contributed by atoms with van der Waals surface area (Å²) in [6, 6.07) is 0. The molecular formula is C27H53As2Lu-2. The van der Waals surface area contributed by atoms with Gasteiger partial charge in [-0.25, -0.2) is 0 Å². The summed E-state index contributed by atoms with van der Waals surface area (Å²) in [5.74, 6) is 0. The molecule has 0 saturated carbocycles. The van der Waals surface area contributed by atoms with Gasteiger partial charge in [-0.05, 0) is 0 Å². The van der Waals surface area contributed by atoms with Gasteiger partial charge in [-0.2, -0.15) is 0 Å². The Morgan fingerprint density at radius 2 is 0.733 bits per heavy atom. The van der Waals surface area contributed by atoms with Gasteiger partial charge in [0.2, 0.25) is 0 Å². The average molecular weight is 703 g/mol. The van der Waals surface area contributed by atoms with Crippen LogP contribution in [0.5, 0.6) is 0 Å². The summed E-state index contributed by atoms with van der Waals surface area (Å²) in [7, 11) is 0. The molecule has 0 aromatic rings. The van der Waals surface area contributed by atoms with Crippen LogP contribution in [-0.4, -0.2) is 29.3 Å². The van der Waals surface area contributed by atoms with Gasteiger partial charge >= 0.3 is 166 Å². The van der Waals surface area contributed by atoms with Crippen molar-refractivity contribution in [2.75, 3.05) is 0 Å². The van der Waals surface area contributed by atoms with Crippen molar-refractivity contribution in [2.45, 2.75) is 123 Å². The summed E-state index contributed by atoms with van der Waals surface area (Å²) in [6.45, 7) is 36.7. The molecule has 1 rings (SSSR count). The van der Waals surface area contributed by atoms with Gasteiger partial charge in [-0.3, -0.25) is 0 Å². The molecule has 1 aliphatic carbocycles. The molecule has 2 radical (unpaired) electrons. The first kappa shape index (κ1) is 36.4. The van der Waals surface area contributed by atoms with E-state index in [0.29, 0.717) is 16.8 Å². The van der Waals surface area contributed by atoms with Crippen molar-refractivity contribution in [2.24, 2.45) is 0 Å². The van der Waals surface area contributed by atoms with Crippen LogP contribution in [0.3, 0.4) is 0 Å². The van der Waals surface area contributed by atoms with E-state index < -0.39 is 29.3 Å². The molecule has 3 heteroatoms. The normalized spacial score (nSPS) is 14.1. The zero-order chi connectivity index (χ0) is 23.5. The van der Waals surface area contributed by atoms with Crippen molar-refractivity contribution in [3.63, 3.8) is 0 Å². The van der Waals surface area contributed by atoms with E-state index in [1.54, 1.807) is 0 Å². The van der Waals surface area contributed by atoms with Gasteiger partial charge in [0, 0.05) is 43.3 Å². The molecular weight excluding hydrogens is 649 g/mol. The van der Waals surface area contributed by atoms with Crippen LogP contribution >= 0.6 is 0 Å².